The van der Waals surface area contributed by atoms with Gasteiger partial charge in [0.1, 0.15) is 6.10 Å². The summed E-state index contributed by atoms with van der Waals surface area (Å²) in [4.78, 5) is 26.6. The molecule has 2 aromatic rings. The minimum atomic E-state index is -0.470. The van der Waals surface area contributed by atoms with Crippen molar-refractivity contribution in [2.75, 3.05) is 18.9 Å². The first-order valence-corrected chi connectivity index (χ1v) is 10.9. The van der Waals surface area contributed by atoms with Crippen molar-refractivity contribution in [2.45, 2.75) is 25.9 Å². The molecule has 2 N–H and O–H groups in total. The Hall–Kier alpha value is -2.96. The lowest BCUT2D eigenvalue weighted by atomic mass is 10.1. The average molecular weight is 474 g/mol. The smallest absolute Gasteiger partial charge is 0.310 e. The van der Waals surface area contributed by atoms with Crippen molar-refractivity contribution < 1.29 is 14.3 Å². The van der Waals surface area contributed by atoms with E-state index in [1.807, 2.05) is 48.5 Å². The molecule has 1 heterocycles. The first kappa shape index (κ1) is 23.7. The van der Waals surface area contributed by atoms with Gasteiger partial charge in [-0.05, 0) is 43.3 Å². The van der Waals surface area contributed by atoms with Crippen LogP contribution in [-0.4, -0.2) is 36.5 Å². The standard InChI is InChI=1S/C24H25Cl2N3O3/c1-16(14-27-24(31)18-8-6-12-29(2)15-18)32-22(30)13-17-7-3-4-11-21(17)28-23-19(25)9-5-10-20(23)26/h3-7,9-12,15-16,28H,8,13-14H2,1-2H3,(H,27,31). The van der Waals surface area contributed by atoms with Gasteiger partial charge in [-0.1, -0.05) is 53.5 Å². The lowest BCUT2D eigenvalue weighted by Gasteiger charge is -2.18. The molecule has 0 aliphatic carbocycles. The first-order chi connectivity index (χ1) is 15.3. The number of esters is 1. The molecule has 1 aliphatic rings. The van der Waals surface area contributed by atoms with E-state index in [1.165, 1.54) is 0 Å². The Kier molecular flexibility index (Phi) is 8.20. The first-order valence-electron chi connectivity index (χ1n) is 10.2. The highest BCUT2D eigenvalue weighted by Gasteiger charge is 2.16. The second-order valence-electron chi connectivity index (χ2n) is 7.47. The van der Waals surface area contributed by atoms with Gasteiger partial charge in [0, 0.05) is 24.5 Å². The lowest BCUT2D eigenvalue weighted by Crippen LogP contribution is -2.35. The molecular weight excluding hydrogens is 449 g/mol. The number of hydrogen-bond donors (Lipinski definition) is 2. The Morgan fingerprint density at radius 3 is 2.56 bits per heavy atom. The lowest BCUT2D eigenvalue weighted by molar-refractivity contribution is -0.147. The molecular formula is C24H25Cl2N3O3. The van der Waals surface area contributed by atoms with Crippen LogP contribution in [0, 0.1) is 0 Å². The van der Waals surface area contributed by atoms with E-state index in [4.69, 9.17) is 27.9 Å². The minimum Gasteiger partial charge on any atom is -0.461 e. The van der Waals surface area contributed by atoms with Gasteiger partial charge in [0.25, 0.3) is 0 Å². The molecule has 0 aromatic heterocycles. The molecule has 3 rings (SSSR count). The molecule has 8 heteroatoms. The van der Waals surface area contributed by atoms with Gasteiger partial charge in [-0.25, -0.2) is 0 Å². The molecule has 0 fully saturated rings. The molecule has 0 bridgehead atoms. The maximum Gasteiger partial charge on any atom is 0.310 e. The molecule has 1 amide bonds. The molecule has 0 spiro atoms. The van der Waals surface area contributed by atoms with E-state index in [0.29, 0.717) is 33.4 Å². The zero-order valence-electron chi connectivity index (χ0n) is 17.9. The van der Waals surface area contributed by atoms with Crippen molar-refractivity contribution in [2.24, 2.45) is 0 Å². The summed E-state index contributed by atoms with van der Waals surface area (Å²) in [6.45, 7) is 1.97. The number of hydrogen-bond acceptors (Lipinski definition) is 5. The number of anilines is 2. The van der Waals surface area contributed by atoms with Crippen LogP contribution in [0.1, 0.15) is 18.9 Å². The van der Waals surface area contributed by atoms with Gasteiger partial charge < -0.3 is 20.3 Å². The number of amides is 1. The maximum atomic E-state index is 12.5. The van der Waals surface area contributed by atoms with Crippen molar-refractivity contribution >= 4 is 46.5 Å². The van der Waals surface area contributed by atoms with Gasteiger partial charge in [-0.2, -0.15) is 0 Å². The number of benzene rings is 2. The maximum absolute atomic E-state index is 12.5. The highest BCUT2D eigenvalue weighted by atomic mass is 35.5. The van der Waals surface area contributed by atoms with Crippen LogP contribution in [0.2, 0.25) is 10.0 Å². The third-order valence-corrected chi connectivity index (χ3v) is 5.42. The normalized spacial score (nSPS) is 13.9. The Balaban J connectivity index is 1.55. The number of ether oxygens (including phenoxy) is 1. The number of nitrogens with zero attached hydrogens (tertiary/aromatic N) is 1. The Morgan fingerprint density at radius 1 is 1.12 bits per heavy atom. The SMILES string of the molecule is CC(CNC(=O)C1=CN(C)C=CC1)OC(=O)Cc1ccccc1Nc1c(Cl)cccc1Cl. The van der Waals surface area contributed by atoms with Gasteiger partial charge in [0.15, 0.2) is 0 Å². The largest absolute Gasteiger partial charge is 0.461 e. The Bertz CT molecular complexity index is 1030. The van der Waals surface area contributed by atoms with Crippen LogP contribution in [0.4, 0.5) is 11.4 Å². The number of para-hydroxylation sites is 2. The van der Waals surface area contributed by atoms with Crippen LogP contribution in [0.25, 0.3) is 0 Å². The number of nitrogens with one attached hydrogen (secondary N) is 2. The summed E-state index contributed by atoms with van der Waals surface area (Å²) in [5.74, 6) is -0.568. The van der Waals surface area contributed by atoms with Crippen LogP contribution < -0.4 is 10.6 Å². The molecule has 1 aliphatic heterocycles. The second-order valence-corrected chi connectivity index (χ2v) is 8.29. The van der Waals surface area contributed by atoms with Gasteiger partial charge >= 0.3 is 5.97 Å². The van der Waals surface area contributed by atoms with E-state index in [1.54, 1.807) is 31.3 Å². The Morgan fingerprint density at radius 2 is 1.84 bits per heavy atom. The summed E-state index contributed by atoms with van der Waals surface area (Å²) in [5, 5.41) is 6.98. The number of carbonyl (C=O) groups excluding carboxylic acids is 2. The molecule has 168 valence electrons. The van der Waals surface area contributed by atoms with Crippen molar-refractivity contribution in [3.8, 4) is 0 Å². The molecule has 2 aromatic carbocycles. The highest BCUT2D eigenvalue weighted by molar-refractivity contribution is 6.39. The van der Waals surface area contributed by atoms with E-state index in [9.17, 15) is 9.59 Å². The van der Waals surface area contributed by atoms with Crippen molar-refractivity contribution in [3.63, 3.8) is 0 Å². The third kappa shape index (κ3) is 6.52. The molecule has 1 atom stereocenters. The van der Waals surface area contributed by atoms with Crippen molar-refractivity contribution in [1.82, 2.24) is 10.2 Å². The molecule has 32 heavy (non-hydrogen) atoms. The van der Waals surface area contributed by atoms with Gasteiger partial charge in [0.2, 0.25) is 5.91 Å². The molecule has 1 unspecified atom stereocenters. The summed E-state index contributed by atoms with van der Waals surface area (Å²) in [5.41, 5.74) is 2.69. The average Bonchev–Trinajstić information content (AvgIpc) is 2.75. The topological polar surface area (TPSA) is 70.7 Å². The van der Waals surface area contributed by atoms with E-state index < -0.39 is 12.1 Å². The zero-order valence-corrected chi connectivity index (χ0v) is 19.4. The fourth-order valence-electron chi connectivity index (χ4n) is 3.20. The van der Waals surface area contributed by atoms with Crippen LogP contribution in [0.5, 0.6) is 0 Å². The Labute approximate surface area is 197 Å². The summed E-state index contributed by atoms with van der Waals surface area (Å²) in [6, 6.07) is 12.6. The number of rotatable bonds is 8. The van der Waals surface area contributed by atoms with E-state index in [2.05, 4.69) is 10.6 Å². The predicted octanol–water partition coefficient (Wildman–Crippen LogP) is 5.06. The highest BCUT2D eigenvalue weighted by Crippen LogP contribution is 2.33. The van der Waals surface area contributed by atoms with Gasteiger partial charge in [-0.15, -0.1) is 0 Å². The zero-order chi connectivity index (χ0) is 23.1. The van der Waals surface area contributed by atoms with Crippen LogP contribution >= 0.6 is 23.2 Å². The van der Waals surface area contributed by atoms with Crippen molar-refractivity contribution in [1.29, 1.82) is 0 Å². The summed E-state index contributed by atoms with van der Waals surface area (Å²) in [7, 11) is 1.86. The van der Waals surface area contributed by atoms with Gasteiger partial charge in [0.05, 0.1) is 28.7 Å². The number of allylic oxidation sites excluding steroid dienone is 1. The molecule has 0 radical (unpaired) electrons. The molecule has 6 nitrogen and oxygen atoms in total. The summed E-state index contributed by atoms with van der Waals surface area (Å²) in [6.07, 6.45) is 5.75. The number of halogens is 2. The summed E-state index contributed by atoms with van der Waals surface area (Å²) < 4.78 is 5.49. The van der Waals surface area contributed by atoms with E-state index in [-0.39, 0.29) is 18.9 Å². The fraction of sp³-hybridized carbons (Fsp3) is 0.250. The van der Waals surface area contributed by atoms with Crippen LogP contribution in [-0.2, 0) is 20.7 Å². The van der Waals surface area contributed by atoms with E-state index >= 15 is 0 Å². The van der Waals surface area contributed by atoms with Crippen LogP contribution in [0.3, 0.4) is 0 Å². The quantitative estimate of drug-likeness (QED) is 0.524. The number of carbonyl (C=O) groups is 2. The van der Waals surface area contributed by atoms with Crippen LogP contribution in [0.15, 0.2) is 66.5 Å². The van der Waals surface area contributed by atoms with E-state index in [0.717, 1.165) is 5.56 Å². The second kappa shape index (κ2) is 11.1. The predicted molar refractivity (Wildman–Crippen MR) is 128 cm³/mol. The minimum absolute atomic E-state index is 0.0598. The molecule has 0 saturated carbocycles. The van der Waals surface area contributed by atoms with Gasteiger partial charge in [-0.3, -0.25) is 9.59 Å². The third-order valence-electron chi connectivity index (χ3n) is 4.79. The summed E-state index contributed by atoms with van der Waals surface area (Å²) >= 11 is 12.5. The fourth-order valence-corrected chi connectivity index (χ4v) is 3.69. The monoisotopic (exact) mass is 473 g/mol. The van der Waals surface area contributed by atoms with Crippen molar-refractivity contribution in [3.05, 3.63) is 82.1 Å². The molecule has 0 saturated heterocycles.